The second-order valence-corrected chi connectivity index (χ2v) is 5.83. The Labute approximate surface area is 142 Å². The van der Waals surface area contributed by atoms with Crippen LogP contribution in [0.2, 0.25) is 5.02 Å². The van der Waals surface area contributed by atoms with Gasteiger partial charge in [0.25, 0.3) is 0 Å². The summed E-state index contributed by atoms with van der Waals surface area (Å²) in [5, 5.41) is 3.52. The zero-order valence-corrected chi connectivity index (χ0v) is 14.1. The molecule has 122 valence electrons. The summed E-state index contributed by atoms with van der Waals surface area (Å²) in [6.07, 6.45) is 0. The second kappa shape index (κ2) is 8.56. The molecule has 2 aromatic carbocycles. The normalized spacial score (nSPS) is 10.6. The van der Waals surface area contributed by atoms with Gasteiger partial charge in [0.15, 0.2) is 0 Å². The Hall–Kier alpha value is -2.04. The molecule has 0 heterocycles. The van der Waals surface area contributed by atoms with Crippen LogP contribution < -0.4 is 10.1 Å². The van der Waals surface area contributed by atoms with Gasteiger partial charge in [0.05, 0.1) is 13.7 Å². The lowest BCUT2D eigenvalue weighted by atomic mass is 10.2. The van der Waals surface area contributed by atoms with Gasteiger partial charge in [-0.1, -0.05) is 41.9 Å². The molecule has 0 aromatic heterocycles. The van der Waals surface area contributed by atoms with Gasteiger partial charge in [0.2, 0.25) is 5.91 Å². The number of likely N-dealkylation sites (N-methyl/N-ethyl adjacent to an activating group) is 1. The number of hydrogen-bond acceptors (Lipinski definition) is 3. The van der Waals surface area contributed by atoms with E-state index in [9.17, 15) is 4.79 Å². The fourth-order valence-corrected chi connectivity index (χ4v) is 2.53. The summed E-state index contributed by atoms with van der Waals surface area (Å²) in [6.45, 7) is 1.45. The highest BCUT2D eigenvalue weighted by atomic mass is 35.5. The van der Waals surface area contributed by atoms with E-state index in [4.69, 9.17) is 16.3 Å². The van der Waals surface area contributed by atoms with Gasteiger partial charge in [-0.25, -0.2) is 0 Å². The van der Waals surface area contributed by atoms with Gasteiger partial charge >= 0.3 is 0 Å². The first-order valence-electron chi connectivity index (χ1n) is 7.40. The number of hydrogen-bond donors (Lipinski definition) is 1. The predicted octanol–water partition coefficient (Wildman–Crippen LogP) is 3.10. The van der Waals surface area contributed by atoms with Gasteiger partial charge in [0.1, 0.15) is 5.75 Å². The summed E-state index contributed by atoms with van der Waals surface area (Å²) in [4.78, 5) is 14.0. The number of benzene rings is 2. The van der Waals surface area contributed by atoms with Gasteiger partial charge in [0, 0.05) is 23.7 Å². The minimum Gasteiger partial charge on any atom is -0.496 e. The quantitative estimate of drug-likeness (QED) is 0.847. The van der Waals surface area contributed by atoms with E-state index in [1.54, 1.807) is 25.3 Å². The van der Waals surface area contributed by atoms with E-state index in [1.165, 1.54) is 5.56 Å². The number of rotatable bonds is 7. The molecular formula is C18H21ClN2O2. The maximum atomic E-state index is 12.1. The average molecular weight is 333 g/mol. The number of nitrogens with zero attached hydrogens (tertiary/aromatic N) is 1. The molecular weight excluding hydrogens is 312 g/mol. The standard InChI is InChI=1S/C18H21ClN2O2/c1-21(12-14-6-4-3-5-7-14)13-18(22)20-11-15-10-16(19)8-9-17(15)23-2/h3-10H,11-13H2,1-2H3,(H,20,22). The fourth-order valence-electron chi connectivity index (χ4n) is 2.33. The first-order valence-corrected chi connectivity index (χ1v) is 7.78. The fraction of sp³-hybridized carbons (Fsp3) is 0.278. The topological polar surface area (TPSA) is 41.6 Å². The van der Waals surface area contributed by atoms with Crippen molar-refractivity contribution >= 4 is 17.5 Å². The largest absolute Gasteiger partial charge is 0.496 e. The summed E-state index contributed by atoms with van der Waals surface area (Å²) in [6, 6.07) is 15.4. The van der Waals surface area contributed by atoms with Gasteiger partial charge in [-0.15, -0.1) is 0 Å². The van der Waals surface area contributed by atoms with Crippen LogP contribution in [0.5, 0.6) is 5.75 Å². The Morgan fingerprint density at radius 2 is 1.96 bits per heavy atom. The molecule has 0 bridgehead atoms. The molecule has 0 aliphatic rings. The molecule has 4 nitrogen and oxygen atoms in total. The molecule has 1 N–H and O–H groups in total. The highest BCUT2D eigenvalue weighted by Gasteiger charge is 2.09. The molecule has 5 heteroatoms. The van der Waals surface area contributed by atoms with Crippen molar-refractivity contribution < 1.29 is 9.53 Å². The van der Waals surface area contributed by atoms with Gasteiger partial charge in [-0.05, 0) is 30.8 Å². The number of carbonyl (C=O) groups is 1. The third kappa shape index (κ3) is 5.58. The monoisotopic (exact) mass is 332 g/mol. The van der Waals surface area contributed by atoms with E-state index in [0.717, 1.165) is 12.1 Å². The van der Waals surface area contributed by atoms with Crippen LogP contribution >= 0.6 is 11.6 Å². The first kappa shape index (κ1) is 17.3. The van der Waals surface area contributed by atoms with E-state index >= 15 is 0 Å². The Bertz CT molecular complexity index is 647. The van der Waals surface area contributed by atoms with E-state index in [2.05, 4.69) is 5.32 Å². The summed E-state index contributed by atoms with van der Waals surface area (Å²) >= 11 is 5.99. The molecule has 0 saturated heterocycles. The molecule has 0 radical (unpaired) electrons. The lowest BCUT2D eigenvalue weighted by Gasteiger charge is -2.17. The van der Waals surface area contributed by atoms with Crippen LogP contribution in [0.15, 0.2) is 48.5 Å². The zero-order valence-electron chi connectivity index (χ0n) is 13.4. The molecule has 0 spiro atoms. The summed E-state index contributed by atoms with van der Waals surface area (Å²) < 4.78 is 5.27. The average Bonchev–Trinajstić information content (AvgIpc) is 2.54. The smallest absolute Gasteiger partial charge is 0.234 e. The Kier molecular flexibility index (Phi) is 6.44. The highest BCUT2D eigenvalue weighted by molar-refractivity contribution is 6.30. The maximum Gasteiger partial charge on any atom is 0.234 e. The molecule has 0 aliphatic heterocycles. The minimum atomic E-state index is -0.0366. The lowest BCUT2D eigenvalue weighted by molar-refractivity contribution is -0.122. The zero-order chi connectivity index (χ0) is 16.7. The first-order chi connectivity index (χ1) is 11.1. The van der Waals surface area contributed by atoms with Crippen molar-refractivity contribution in [2.75, 3.05) is 20.7 Å². The summed E-state index contributed by atoms with van der Waals surface area (Å²) in [5.41, 5.74) is 2.04. The maximum absolute atomic E-state index is 12.1. The summed E-state index contributed by atoms with van der Waals surface area (Å²) in [7, 11) is 3.52. The molecule has 0 saturated carbocycles. The van der Waals surface area contributed by atoms with Crippen molar-refractivity contribution in [1.82, 2.24) is 10.2 Å². The van der Waals surface area contributed by atoms with E-state index in [1.807, 2.05) is 42.3 Å². The lowest BCUT2D eigenvalue weighted by Crippen LogP contribution is -2.34. The van der Waals surface area contributed by atoms with Crippen molar-refractivity contribution in [2.24, 2.45) is 0 Å². The summed E-state index contributed by atoms with van der Waals surface area (Å²) in [5.74, 6) is 0.679. The van der Waals surface area contributed by atoms with Crippen LogP contribution in [0.1, 0.15) is 11.1 Å². The molecule has 2 rings (SSSR count). The van der Waals surface area contributed by atoms with Crippen molar-refractivity contribution in [1.29, 1.82) is 0 Å². The Morgan fingerprint density at radius 1 is 1.22 bits per heavy atom. The molecule has 0 atom stereocenters. The van der Waals surface area contributed by atoms with Gasteiger partial charge < -0.3 is 10.1 Å². The van der Waals surface area contributed by atoms with E-state index in [-0.39, 0.29) is 5.91 Å². The van der Waals surface area contributed by atoms with Crippen molar-refractivity contribution in [2.45, 2.75) is 13.1 Å². The van der Waals surface area contributed by atoms with E-state index in [0.29, 0.717) is 23.9 Å². The van der Waals surface area contributed by atoms with Crippen molar-refractivity contribution in [3.63, 3.8) is 0 Å². The molecule has 2 aromatic rings. The number of ether oxygens (including phenoxy) is 1. The van der Waals surface area contributed by atoms with Crippen LogP contribution in [0.4, 0.5) is 0 Å². The van der Waals surface area contributed by atoms with E-state index < -0.39 is 0 Å². The van der Waals surface area contributed by atoms with Crippen LogP contribution in [-0.4, -0.2) is 31.5 Å². The highest BCUT2D eigenvalue weighted by Crippen LogP contribution is 2.22. The third-order valence-corrected chi connectivity index (χ3v) is 3.66. The van der Waals surface area contributed by atoms with Crippen LogP contribution in [0, 0.1) is 0 Å². The molecule has 0 fully saturated rings. The molecule has 23 heavy (non-hydrogen) atoms. The predicted molar refractivity (Wildman–Crippen MR) is 92.6 cm³/mol. The molecule has 1 amide bonds. The van der Waals surface area contributed by atoms with Crippen molar-refractivity contribution in [3.05, 3.63) is 64.7 Å². The third-order valence-electron chi connectivity index (χ3n) is 3.43. The number of amides is 1. The number of methoxy groups -OCH3 is 1. The van der Waals surface area contributed by atoms with Crippen LogP contribution in [0.3, 0.4) is 0 Å². The van der Waals surface area contributed by atoms with Crippen LogP contribution in [-0.2, 0) is 17.9 Å². The number of halogens is 1. The molecule has 0 unspecified atom stereocenters. The molecule has 0 aliphatic carbocycles. The van der Waals surface area contributed by atoms with Gasteiger partial charge in [-0.2, -0.15) is 0 Å². The SMILES string of the molecule is COc1ccc(Cl)cc1CNC(=O)CN(C)Cc1ccccc1. The number of nitrogens with one attached hydrogen (secondary N) is 1. The van der Waals surface area contributed by atoms with Crippen molar-refractivity contribution in [3.8, 4) is 5.75 Å². The number of carbonyl (C=O) groups excluding carboxylic acids is 1. The second-order valence-electron chi connectivity index (χ2n) is 5.39. The van der Waals surface area contributed by atoms with Gasteiger partial charge in [-0.3, -0.25) is 9.69 Å². The Balaban J connectivity index is 1.84. The minimum absolute atomic E-state index is 0.0366. The Morgan fingerprint density at radius 3 is 2.65 bits per heavy atom. The van der Waals surface area contributed by atoms with Crippen LogP contribution in [0.25, 0.3) is 0 Å².